The van der Waals surface area contributed by atoms with E-state index in [1.807, 2.05) is 5.87 Å². The second-order valence-corrected chi connectivity index (χ2v) is 5.24. The van der Waals surface area contributed by atoms with Crippen LogP contribution < -0.4 is 10.1 Å². The number of halogens is 1. The van der Waals surface area contributed by atoms with E-state index in [1.54, 1.807) is 12.1 Å². The van der Waals surface area contributed by atoms with Crippen molar-refractivity contribution in [3.8, 4) is 5.75 Å². The van der Waals surface area contributed by atoms with Crippen LogP contribution in [0.4, 0.5) is 11.4 Å². The highest BCUT2D eigenvalue weighted by Crippen LogP contribution is 2.27. The molecule has 132 valence electrons. The molecule has 0 aromatic heterocycles. The lowest BCUT2D eigenvalue weighted by Crippen LogP contribution is -2.13. The van der Waals surface area contributed by atoms with Gasteiger partial charge in [-0.1, -0.05) is 17.7 Å². The van der Waals surface area contributed by atoms with E-state index in [9.17, 15) is 9.59 Å². The third-order valence-electron chi connectivity index (χ3n) is 3.10. The average Bonchev–Trinajstić information content (AvgIpc) is 2.62. The number of carboxylic acid groups (broad SMARTS) is 1. The second-order valence-electron chi connectivity index (χ2n) is 4.83. The molecule has 0 fully saturated rings. The Bertz CT molecular complexity index is 936. The summed E-state index contributed by atoms with van der Waals surface area (Å²) in [6, 6.07) is 10.3. The number of carboxylic acids is 1. The van der Waals surface area contributed by atoms with Gasteiger partial charge in [0.25, 0.3) is 5.91 Å². The van der Waals surface area contributed by atoms with Crippen molar-refractivity contribution in [1.29, 1.82) is 5.41 Å². The smallest absolute Gasteiger partial charge is 0.335 e. The number of carbonyl (C=O) groups excluding carboxylic acids is 1. The van der Waals surface area contributed by atoms with Crippen molar-refractivity contribution in [1.82, 2.24) is 0 Å². The highest BCUT2D eigenvalue weighted by Gasteiger charge is 2.11. The van der Waals surface area contributed by atoms with Crippen LogP contribution in [0.5, 0.6) is 5.75 Å². The van der Waals surface area contributed by atoms with Crippen LogP contribution in [0.25, 0.3) is 0 Å². The minimum atomic E-state index is -1.11. The van der Waals surface area contributed by atoms with Crippen molar-refractivity contribution in [2.75, 3.05) is 12.4 Å². The fourth-order valence-electron chi connectivity index (χ4n) is 1.87. The summed E-state index contributed by atoms with van der Waals surface area (Å²) >= 11 is 5.98. The Morgan fingerprint density at radius 1 is 1.27 bits per heavy atom. The number of benzene rings is 2. The number of azo groups is 1. The van der Waals surface area contributed by atoms with Crippen molar-refractivity contribution >= 4 is 40.7 Å². The van der Waals surface area contributed by atoms with E-state index >= 15 is 0 Å². The van der Waals surface area contributed by atoms with E-state index in [2.05, 4.69) is 15.5 Å². The number of ether oxygens (including phenoxy) is 1. The molecule has 2 aromatic rings. The maximum atomic E-state index is 12.2. The van der Waals surface area contributed by atoms with Crippen molar-refractivity contribution in [2.45, 2.75) is 0 Å². The van der Waals surface area contributed by atoms with Crippen LogP contribution in [-0.2, 0) is 4.79 Å². The zero-order valence-corrected chi connectivity index (χ0v) is 14.2. The zero-order chi connectivity index (χ0) is 19.1. The fraction of sp³-hybridized carbons (Fsp3) is 0.0588. The molecule has 0 spiro atoms. The number of hydrogen-bond acceptors (Lipinski definition) is 6. The monoisotopic (exact) mass is 372 g/mol. The number of nitrogens with zero attached hydrogens (tertiary/aromatic N) is 2. The summed E-state index contributed by atoms with van der Waals surface area (Å²) in [5.41, 5.74) is 0.228. The summed E-state index contributed by atoms with van der Waals surface area (Å²) in [6.07, 6.45) is 0. The molecule has 9 heteroatoms. The summed E-state index contributed by atoms with van der Waals surface area (Å²) < 4.78 is 5.02. The largest absolute Gasteiger partial charge is 0.495 e. The van der Waals surface area contributed by atoms with Gasteiger partial charge in [-0.25, -0.2) is 4.79 Å². The molecule has 0 unspecified atom stereocenters. The van der Waals surface area contributed by atoms with Gasteiger partial charge in [0.2, 0.25) is 5.70 Å². The Kier molecular flexibility index (Phi) is 6.21. The molecule has 8 nitrogen and oxygen atoms in total. The van der Waals surface area contributed by atoms with E-state index in [-0.39, 0.29) is 11.3 Å². The van der Waals surface area contributed by atoms with Gasteiger partial charge in [-0.2, -0.15) is 0 Å². The SMILES string of the molecule is COc1ccc(NC(=O)C(=C=N)N=Nc2cccc(C(=O)O)c2)cc1Cl. The predicted molar refractivity (Wildman–Crippen MR) is 95.8 cm³/mol. The van der Waals surface area contributed by atoms with Gasteiger partial charge in [0.05, 0.1) is 23.4 Å². The van der Waals surface area contributed by atoms with Gasteiger partial charge in [-0.15, -0.1) is 10.2 Å². The van der Waals surface area contributed by atoms with Gasteiger partial charge in [-0.3, -0.25) is 10.2 Å². The number of carbonyl (C=O) groups is 2. The number of methoxy groups -OCH3 is 1. The van der Waals surface area contributed by atoms with Gasteiger partial charge < -0.3 is 15.2 Å². The molecule has 0 aliphatic heterocycles. The number of aromatic carboxylic acids is 1. The summed E-state index contributed by atoms with van der Waals surface area (Å²) in [5.74, 6) is 0.502. The third-order valence-corrected chi connectivity index (χ3v) is 3.40. The summed E-state index contributed by atoms with van der Waals surface area (Å²) in [4.78, 5) is 23.1. The van der Waals surface area contributed by atoms with Gasteiger partial charge in [0, 0.05) is 11.6 Å². The zero-order valence-electron chi connectivity index (χ0n) is 13.5. The van der Waals surface area contributed by atoms with Gasteiger partial charge in [0.15, 0.2) is 0 Å². The summed E-state index contributed by atoms with van der Waals surface area (Å²) in [6.45, 7) is 0. The maximum absolute atomic E-state index is 12.2. The number of rotatable bonds is 6. The first-order chi connectivity index (χ1) is 12.4. The van der Waals surface area contributed by atoms with Crippen LogP contribution in [-0.4, -0.2) is 30.0 Å². The van der Waals surface area contributed by atoms with Crippen LogP contribution in [0.3, 0.4) is 0 Å². The molecular formula is C17H13ClN4O4. The molecule has 0 radical (unpaired) electrons. The average molecular weight is 373 g/mol. The standard InChI is InChI=1S/C17H13ClN4O4/c1-26-15-6-5-11(8-13(15)18)20-16(23)14(9-19)22-21-12-4-2-3-10(7-12)17(24)25/h2-8,19H,1H3,(H,20,23)(H,24,25). The normalized spacial score (nSPS) is 10.2. The summed E-state index contributed by atoms with van der Waals surface area (Å²) in [5, 5.41) is 26.4. The lowest BCUT2D eigenvalue weighted by atomic mass is 10.2. The van der Waals surface area contributed by atoms with Crippen LogP contribution in [0, 0.1) is 5.41 Å². The molecule has 3 N–H and O–H groups in total. The van der Waals surface area contributed by atoms with Crippen molar-refractivity contribution in [2.24, 2.45) is 10.2 Å². The van der Waals surface area contributed by atoms with Crippen LogP contribution in [0.2, 0.25) is 5.02 Å². The van der Waals surface area contributed by atoms with Crippen LogP contribution >= 0.6 is 11.6 Å². The molecular weight excluding hydrogens is 360 g/mol. The Balaban J connectivity index is 2.14. The van der Waals surface area contributed by atoms with E-state index in [0.717, 1.165) is 0 Å². The first-order valence-corrected chi connectivity index (χ1v) is 7.52. The van der Waals surface area contributed by atoms with Gasteiger partial charge in [-0.05, 0) is 36.4 Å². The van der Waals surface area contributed by atoms with Crippen LogP contribution in [0.1, 0.15) is 10.4 Å². The van der Waals surface area contributed by atoms with Gasteiger partial charge >= 0.3 is 5.97 Å². The lowest BCUT2D eigenvalue weighted by molar-refractivity contribution is -0.112. The van der Waals surface area contributed by atoms with E-state index in [0.29, 0.717) is 16.5 Å². The highest BCUT2D eigenvalue weighted by atomic mass is 35.5. The number of hydrogen-bond donors (Lipinski definition) is 3. The Hall–Kier alpha value is -3.48. The molecule has 0 saturated heterocycles. The predicted octanol–water partition coefficient (Wildman–Crippen LogP) is 3.90. The Morgan fingerprint density at radius 3 is 2.65 bits per heavy atom. The minimum absolute atomic E-state index is 0.0270. The second kappa shape index (κ2) is 8.57. The number of anilines is 1. The molecule has 0 saturated carbocycles. The molecule has 0 atom stereocenters. The molecule has 2 rings (SSSR count). The molecule has 2 aromatic carbocycles. The van der Waals surface area contributed by atoms with Crippen molar-refractivity contribution in [3.63, 3.8) is 0 Å². The first kappa shape index (κ1) is 18.9. The van der Waals surface area contributed by atoms with Crippen molar-refractivity contribution in [3.05, 3.63) is 58.7 Å². The molecule has 0 bridgehead atoms. The van der Waals surface area contributed by atoms with Crippen LogP contribution in [0.15, 0.2) is 58.4 Å². The first-order valence-electron chi connectivity index (χ1n) is 7.14. The van der Waals surface area contributed by atoms with Crippen molar-refractivity contribution < 1.29 is 19.4 Å². The van der Waals surface area contributed by atoms with Gasteiger partial charge in [0.1, 0.15) is 5.75 Å². The summed E-state index contributed by atoms with van der Waals surface area (Å²) in [7, 11) is 1.47. The molecule has 1 amide bonds. The quantitative estimate of drug-likeness (QED) is 0.404. The molecule has 0 aliphatic rings. The molecule has 26 heavy (non-hydrogen) atoms. The maximum Gasteiger partial charge on any atom is 0.335 e. The van der Waals surface area contributed by atoms with E-state index < -0.39 is 17.6 Å². The fourth-order valence-corrected chi connectivity index (χ4v) is 2.13. The van der Waals surface area contributed by atoms with E-state index in [4.69, 9.17) is 26.9 Å². The minimum Gasteiger partial charge on any atom is -0.495 e. The molecule has 0 heterocycles. The lowest BCUT2D eigenvalue weighted by Gasteiger charge is -2.07. The Morgan fingerprint density at radius 2 is 2.04 bits per heavy atom. The molecule has 0 aliphatic carbocycles. The number of nitrogens with one attached hydrogen (secondary N) is 2. The Labute approximate surface area is 153 Å². The highest BCUT2D eigenvalue weighted by molar-refractivity contribution is 6.32. The number of amides is 1. The third kappa shape index (κ3) is 4.76. The topological polar surface area (TPSA) is 124 Å². The van der Waals surface area contributed by atoms with E-state index in [1.165, 1.54) is 37.4 Å².